The highest BCUT2D eigenvalue weighted by Gasteiger charge is 2.38. The summed E-state index contributed by atoms with van der Waals surface area (Å²) in [6.07, 6.45) is 1.07. The van der Waals surface area contributed by atoms with Crippen molar-refractivity contribution < 1.29 is 4.79 Å². The monoisotopic (exact) mass is 378 g/mol. The number of rotatable bonds is 5. The van der Waals surface area contributed by atoms with Gasteiger partial charge in [0.25, 0.3) is 0 Å². The molecule has 1 fully saturated rings. The SMILES string of the molecule is CC1(C)CN(CC(=O)Nc2ccc(N3CCc4ccccc43)cc2)CC1CN. The third-order valence-electron chi connectivity index (χ3n) is 6.22. The molecule has 2 aliphatic rings. The number of para-hydroxylation sites is 1. The fraction of sp³-hybridized carbons (Fsp3) is 0.435. The van der Waals surface area contributed by atoms with Crippen molar-refractivity contribution in [1.29, 1.82) is 0 Å². The van der Waals surface area contributed by atoms with Crippen molar-refractivity contribution in [2.45, 2.75) is 20.3 Å². The number of carbonyl (C=O) groups excluding carboxylic acids is 1. The number of carbonyl (C=O) groups is 1. The van der Waals surface area contributed by atoms with Crippen molar-refractivity contribution in [3.05, 3.63) is 54.1 Å². The molecule has 1 atom stereocenters. The number of nitrogens with two attached hydrogens (primary N) is 1. The highest BCUT2D eigenvalue weighted by Crippen LogP contribution is 2.35. The van der Waals surface area contributed by atoms with Gasteiger partial charge in [-0.2, -0.15) is 0 Å². The van der Waals surface area contributed by atoms with Gasteiger partial charge in [-0.1, -0.05) is 32.0 Å². The second-order valence-corrected chi connectivity index (χ2v) is 8.72. The van der Waals surface area contributed by atoms with Crippen LogP contribution < -0.4 is 16.0 Å². The van der Waals surface area contributed by atoms with E-state index in [2.05, 4.69) is 65.4 Å². The number of anilines is 3. The Morgan fingerprint density at radius 3 is 2.64 bits per heavy atom. The van der Waals surface area contributed by atoms with Crippen molar-refractivity contribution in [2.24, 2.45) is 17.1 Å². The van der Waals surface area contributed by atoms with E-state index in [1.54, 1.807) is 0 Å². The van der Waals surface area contributed by atoms with Crippen molar-refractivity contribution in [1.82, 2.24) is 4.90 Å². The second-order valence-electron chi connectivity index (χ2n) is 8.72. The van der Waals surface area contributed by atoms with Gasteiger partial charge in [0.15, 0.2) is 0 Å². The molecule has 0 bridgehead atoms. The first-order valence-electron chi connectivity index (χ1n) is 10.1. The summed E-state index contributed by atoms with van der Waals surface area (Å²) in [6.45, 7) is 8.36. The Morgan fingerprint density at radius 2 is 1.93 bits per heavy atom. The van der Waals surface area contributed by atoms with Crippen LogP contribution >= 0.6 is 0 Å². The Hall–Kier alpha value is -2.37. The zero-order valence-corrected chi connectivity index (χ0v) is 16.8. The molecule has 1 saturated heterocycles. The van der Waals surface area contributed by atoms with Crippen LogP contribution in [0.25, 0.3) is 0 Å². The molecular formula is C23H30N4O. The number of nitrogens with one attached hydrogen (secondary N) is 1. The molecule has 1 unspecified atom stereocenters. The van der Waals surface area contributed by atoms with Crippen molar-refractivity contribution in [3.8, 4) is 0 Å². The summed E-state index contributed by atoms with van der Waals surface area (Å²) < 4.78 is 0. The van der Waals surface area contributed by atoms with E-state index in [0.29, 0.717) is 19.0 Å². The highest BCUT2D eigenvalue weighted by atomic mass is 16.2. The van der Waals surface area contributed by atoms with E-state index in [-0.39, 0.29) is 11.3 Å². The fourth-order valence-corrected chi connectivity index (χ4v) is 4.58. The number of fused-ring (bicyclic) bond motifs is 1. The minimum absolute atomic E-state index is 0.0349. The summed E-state index contributed by atoms with van der Waals surface area (Å²) >= 11 is 0. The van der Waals surface area contributed by atoms with Crippen LogP contribution in [0.2, 0.25) is 0 Å². The van der Waals surface area contributed by atoms with E-state index in [1.165, 1.54) is 11.3 Å². The van der Waals surface area contributed by atoms with Gasteiger partial charge in [-0.3, -0.25) is 9.69 Å². The quantitative estimate of drug-likeness (QED) is 0.839. The fourth-order valence-electron chi connectivity index (χ4n) is 4.58. The molecule has 2 aromatic carbocycles. The summed E-state index contributed by atoms with van der Waals surface area (Å²) in [6, 6.07) is 16.7. The average molecular weight is 379 g/mol. The Morgan fingerprint density at radius 1 is 1.18 bits per heavy atom. The summed E-state index contributed by atoms with van der Waals surface area (Å²) in [4.78, 5) is 17.0. The van der Waals surface area contributed by atoms with E-state index in [0.717, 1.165) is 37.4 Å². The molecule has 2 aliphatic heterocycles. The predicted octanol–water partition coefficient (Wildman–Crippen LogP) is 3.24. The first-order valence-corrected chi connectivity index (χ1v) is 10.1. The van der Waals surface area contributed by atoms with Gasteiger partial charge in [0, 0.05) is 36.7 Å². The van der Waals surface area contributed by atoms with Gasteiger partial charge in [0.1, 0.15) is 0 Å². The van der Waals surface area contributed by atoms with Crippen LogP contribution in [0.15, 0.2) is 48.5 Å². The van der Waals surface area contributed by atoms with Gasteiger partial charge in [-0.15, -0.1) is 0 Å². The smallest absolute Gasteiger partial charge is 0.238 e. The minimum Gasteiger partial charge on any atom is -0.341 e. The summed E-state index contributed by atoms with van der Waals surface area (Å²) in [5.74, 6) is 0.482. The molecule has 1 amide bonds. The van der Waals surface area contributed by atoms with E-state index in [1.807, 2.05) is 12.1 Å². The Balaban J connectivity index is 1.36. The second kappa shape index (κ2) is 7.57. The first-order chi connectivity index (χ1) is 13.5. The highest BCUT2D eigenvalue weighted by molar-refractivity contribution is 5.92. The molecule has 5 heteroatoms. The molecule has 0 aliphatic carbocycles. The summed E-state index contributed by atoms with van der Waals surface area (Å²) in [7, 11) is 0. The van der Waals surface area contributed by atoms with E-state index in [9.17, 15) is 4.79 Å². The molecule has 28 heavy (non-hydrogen) atoms. The normalized spacial score (nSPS) is 21.0. The van der Waals surface area contributed by atoms with Gasteiger partial charge >= 0.3 is 0 Å². The number of benzene rings is 2. The van der Waals surface area contributed by atoms with Crippen LogP contribution in [0.5, 0.6) is 0 Å². The van der Waals surface area contributed by atoms with E-state index in [4.69, 9.17) is 5.73 Å². The van der Waals surface area contributed by atoms with E-state index < -0.39 is 0 Å². The number of nitrogens with zero attached hydrogens (tertiary/aromatic N) is 2. The molecule has 148 valence electrons. The van der Waals surface area contributed by atoms with Crippen molar-refractivity contribution in [3.63, 3.8) is 0 Å². The summed E-state index contributed by atoms with van der Waals surface area (Å²) in [5, 5.41) is 3.04. The number of hydrogen-bond acceptors (Lipinski definition) is 4. The zero-order chi connectivity index (χ0) is 19.7. The number of amides is 1. The maximum absolute atomic E-state index is 12.5. The molecule has 4 rings (SSSR count). The van der Waals surface area contributed by atoms with Gasteiger partial charge < -0.3 is 16.0 Å². The largest absolute Gasteiger partial charge is 0.341 e. The van der Waals surface area contributed by atoms with Crippen LogP contribution in [0.4, 0.5) is 17.1 Å². The third-order valence-corrected chi connectivity index (χ3v) is 6.22. The molecule has 2 heterocycles. The maximum Gasteiger partial charge on any atom is 0.238 e. The molecule has 2 aromatic rings. The molecule has 5 nitrogen and oxygen atoms in total. The average Bonchev–Trinajstić information content (AvgIpc) is 3.22. The van der Waals surface area contributed by atoms with Crippen LogP contribution in [0.3, 0.4) is 0 Å². The van der Waals surface area contributed by atoms with Crippen LogP contribution in [0, 0.1) is 11.3 Å². The van der Waals surface area contributed by atoms with Crippen molar-refractivity contribution >= 4 is 23.0 Å². The lowest BCUT2D eigenvalue weighted by Gasteiger charge is -2.24. The lowest BCUT2D eigenvalue weighted by molar-refractivity contribution is -0.117. The maximum atomic E-state index is 12.5. The zero-order valence-electron chi connectivity index (χ0n) is 16.8. The van der Waals surface area contributed by atoms with Gasteiger partial charge in [0.05, 0.1) is 6.54 Å². The predicted molar refractivity (Wildman–Crippen MR) is 115 cm³/mol. The lowest BCUT2D eigenvalue weighted by Crippen LogP contribution is -2.32. The Bertz CT molecular complexity index is 846. The van der Waals surface area contributed by atoms with Crippen LogP contribution in [-0.2, 0) is 11.2 Å². The van der Waals surface area contributed by atoms with Crippen LogP contribution in [-0.4, -0.2) is 43.5 Å². The Labute approximate surface area is 167 Å². The Kier molecular flexibility index (Phi) is 5.13. The van der Waals surface area contributed by atoms with Crippen LogP contribution in [0.1, 0.15) is 19.4 Å². The molecular weight excluding hydrogens is 348 g/mol. The lowest BCUT2D eigenvalue weighted by atomic mass is 9.82. The third kappa shape index (κ3) is 3.77. The topological polar surface area (TPSA) is 61.6 Å². The van der Waals surface area contributed by atoms with Gasteiger partial charge in [0.2, 0.25) is 5.91 Å². The molecule has 0 radical (unpaired) electrons. The van der Waals surface area contributed by atoms with Gasteiger partial charge in [-0.05, 0) is 60.2 Å². The van der Waals surface area contributed by atoms with Crippen molar-refractivity contribution in [2.75, 3.05) is 42.9 Å². The number of likely N-dealkylation sites (tertiary alicyclic amines) is 1. The van der Waals surface area contributed by atoms with E-state index >= 15 is 0 Å². The first kappa shape index (κ1) is 19.0. The minimum atomic E-state index is 0.0349. The molecule has 0 saturated carbocycles. The standard InChI is InChI=1S/C23H30N4O/c1-23(2)16-26(14-18(23)13-24)15-22(28)25-19-7-9-20(10-8-19)27-12-11-17-5-3-4-6-21(17)27/h3-10,18H,11-16,24H2,1-2H3,(H,25,28). The summed E-state index contributed by atoms with van der Waals surface area (Å²) in [5.41, 5.74) is 10.7. The molecule has 0 aromatic heterocycles. The number of hydrogen-bond donors (Lipinski definition) is 2. The molecule has 0 spiro atoms. The van der Waals surface area contributed by atoms with Gasteiger partial charge in [-0.25, -0.2) is 0 Å². The molecule has 3 N–H and O–H groups in total.